The highest BCUT2D eigenvalue weighted by Gasteiger charge is 2.47. The van der Waals surface area contributed by atoms with Crippen LogP contribution < -0.4 is 15.5 Å². The minimum Gasteiger partial charge on any atom is -0.323 e. The Morgan fingerprint density at radius 1 is 1.21 bits per heavy atom. The first-order valence-corrected chi connectivity index (χ1v) is 9.77. The molecule has 2 heterocycles. The Labute approximate surface area is 165 Å². The van der Waals surface area contributed by atoms with E-state index < -0.39 is 5.41 Å². The third-order valence-electron chi connectivity index (χ3n) is 5.56. The first-order valence-electron chi connectivity index (χ1n) is 9.77. The molecule has 1 aliphatic heterocycles. The number of aromatic nitrogens is 1. The smallest absolute Gasteiger partial charge is 0.242 e. The topological polar surface area (TPSA) is 74.3 Å². The van der Waals surface area contributed by atoms with Gasteiger partial charge in [0.2, 0.25) is 11.8 Å². The van der Waals surface area contributed by atoms with Crippen molar-refractivity contribution < 1.29 is 9.59 Å². The molecule has 1 aromatic heterocycles. The van der Waals surface area contributed by atoms with Gasteiger partial charge in [-0.2, -0.15) is 0 Å². The van der Waals surface area contributed by atoms with Gasteiger partial charge >= 0.3 is 0 Å². The lowest BCUT2D eigenvalue weighted by molar-refractivity contribution is -0.136. The van der Waals surface area contributed by atoms with Gasteiger partial charge in [-0.25, -0.2) is 0 Å². The van der Waals surface area contributed by atoms with Crippen LogP contribution >= 0.6 is 0 Å². The number of carbonyl (C=O) groups is 2. The van der Waals surface area contributed by atoms with E-state index in [1.165, 1.54) is 0 Å². The third-order valence-corrected chi connectivity index (χ3v) is 5.56. The fraction of sp³-hybridized carbons (Fsp3) is 0.409. The van der Waals surface area contributed by atoms with E-state index in [1.807, 2.05) is 36.1 Å². The Kier molecular flexibility index (Phi) is 4.67. The summed E-state index contributed by atoms with van der Waals surface area (Å²) in [6.07, 6.45) is 3.77. The van der Waals surface area contributed by atoms with Gasteiger partial charge in [-0.05, 0) is 62.9 Å². The van der Waals surface area contributed by atoms with Crippen LogP contribution in [0, 0.1) is 12.3 Å². The molecule has 4 rings (SSSR count). The number of nitrogens with zero attached hydrogens (tertiary/aromatic N) is 2. The summed E-state index contributed by atoms with van der Waals surface area (Å²) in [4.78, 5) is 31.8. The molecule has 0 radical (unpaired) electrons. The van der Waals surface area contributed by atoms with Crippen LogP contribution in [0.1, 0.15) is 43.5 Å². The van der Waals surface area contributed by atoms with Crippen molar-refractivity contribution in [3.63, 3.8) is 0 Å². The van der Waals surface area contributed by atoms with Crippen LogP contribution in [0.2, 0.25) is 0 Å². The molecule has 1 fully saturated rings. The molecule has 2 N–H and O–H groups in total. The first-order chi connectivity index (χ1) is 13.4. The Bertz CT molecular complexity index is 934. The van der Waals surface area contributed by atoms with E-state index in [0.717, 1.165) is 41.9 Å². The van der Waals surface area contributed by atoms with Crippen LogP contribution in [0.3, 0.4) is 0 Å². The number of rotatable bonds is 5. The molecule has 2 aliphatic rings. The summed E-state index contributed by atoms with van der Waals surface area (Å²) >= 11 is 0. The summed E-state index contributed by atoms with van der Waals surface area (Å²) in [6.45, 7) is 6.79. The maximum absolute atomic E-state index is 13.0. The van der Waals surface area contributed by atoms with Gasteiger partial charge in [0.05, 0.1) is 11.4 Å². The minimum absolute atomic E-state index is 0.121. The average molecular weight is 378 g/mol. The molecule has 0 spiro atoms. The molecular formula is C22H26N4O2. The number of pyridine rings is 1. The summed E-state index contributed by atoms with van der Waals surface area (Å²) < 4.78 is 0. The van der Waals surface area contributed by atoms with Crippen LogP contribution in [-0.4, -0.2) is 22.8 Å². The largest absolute Gasteiger partial charge is 0.323 e. The van der Waals surface area contributed by atoms with Crippen molar-refractivity contribution in [1.29, 1.82) is 0 Å². The standard InChI is InChI=1S/C22H26N4O2/c1-14-16(5-4-10-24-14)13-23-12-15-6-9-19-18(11-15)25-20(27)22(2,3)21(28)26(19)17-7-8-17/h4-6,9-11,17,23H,7-8,12-13H2,1-3H3,(H,25,27). The highest BCUT2D eigenvalue weighted by atomic mass is 16.2. The number of benzene rings is 1. The van der Waals surface area contributed by atoms with Crippen molar-refractivity contribution in [1.82, 2.24) is 10.3 Å². The summed E-state index contributed by atoms with van der Waals surface area (Å²) in [5, 5.41) is 6.40. The maximum atomic E-state index is 13.0. The van der Waals surface area contributed by atoms with Crippen molar-refractivity contribution in [3.8, 4) is 0 Å². The molecule has 1 aliphatic carbocycles. The number of hydrogen-bond donors (Lipinski definition) is 2. The zero-order valence-corrected chi connectivity index (χ0v) is 16.6. The normalized spacial score (nSPS) is 18.5. The highest BCUT2D eigenvalue weighted by Crippen LogP contribution is 2.42. The van der Waals surface area contributed by atoms with E-state index >= 15 is 0 Å². The number of nitrogens with one attached hydrogen (secondary N) is 2. The Morgan fingerprint density at radius 2 is 2.00 bits per heavy atom. The van der Waals surface area contributed by atoms with Gasteiger partial charge in [0, 0.05) is 31.0 Å². The van der Waals surface area contributed by atoms with E-state index in [9.17, 15) is 9.59 Å². The Balaban J connectivity index is 1.55. The second kappa shape index (κ2) is 7.02. The molecule has 28 heavy (non-hydrogen) atoms. The molecule has 0 unspecified atom stereocenters. The second-order valence-corrected chi connectivity index (χ2v) is 8.19. The summed E-state index contributed by atoms with van der Waals surface area (Å²) in [5.74, 6) is -0.373. The summed E-state index contributed by atoms with van der Waals surface area (Å²) in [6, 6.07) is 10.2. The number of amides is 2. The molecule has 0 atom stereocenters. The van der Waals surface area contributed by atoms with Crippen LogP contribution in [0.15, 0.2) is 36.5 Å². The van der Waals surface area contributed by atoms with Crippen LogP contribution in [0.4, 0.5) is 11.4 Å². The minimum atomic E-state index is -1.07. The summed E-state index contributed by atoms with van der Waals surface area (Å²) in [5.41, 5.74) is 3.69. The van der Waals surface area contributed by atoms with E-state index in [-0.39, 0.29) is 17.9 Å². The van der Waals surface area contributed by atoms with Crippen LogP contribution in [-0.2, 0) is 22.7 Å². The molecule has 6 heteroatoms. The summed E-state index contributed by atoms with van der Waals surface area (Å²) in [7, 11) is 0. The van der Waals surface area contributed by atoms with E-state index in [2.05, 4.69) is 21.7 Å². The fourth-order valence-electron chi connectivity index (χ4n) is 3.53. The molecule has 0 bridgehead atoms. The van der Waals surface area contributed by atoms with E-state index in [0.29, 0.717) is 12.2 Å². The lowest BCUT2D eigenvalue weighted by Crippen LogP contribution is -2.46. The lowest BCUT2D eigenvalue weighted by Gasteiger charge is -2.27. The van der Waals surface area contributed by atoms with Crippen molar-refractivity contribution in [3.05, 3.63) is 53.3 Å². The van der Waals surface area contributed by atoms with Gasteiger partial charge in [0.15, 0.2) is 0 Å². The van der Waals surface area contributed by atoms with Crippen LogP contribution in [0.25, 0.3) is 0 Å². The zero-order chi connectivity index (χ0) is 19.9. The van der Waals surface area contributed by atoms with Crippen molar-refractivity contribution in [2.45, 2.75) is 52.7 Å². The van der Waals surface area contributed by atoms with E-state index in [4.69, 9.17) is 0 Å². The number of aryl methyl sites for hydroxylation is 1. The number of hydrogen-bond acceptors (Lipinski definition) is 4. The van der Waals surface area contributed by atoms with E-state index in [1.54, 1.807) is 20.0 Å². The zero-order valence-electron chi connectivity index (χ0n) is 16.6. The molecule has 2 aromatic rings. The van der Waals surface area contributed by atoms with Gasteiger partial charge in [0.1, 0.15) is 5.41 Å². The third kappa shape index (κ3) is 3.40. The predicted molar refractivity (Wildman–Crippen MR) is 109 cm³/mol. The van der Waals surface area contributed by atoms with Crippen molar-refractivity contribution in [2.24, 2.45) is 5.41 Å². The molecule has 6 nitrogen and oxygen atoms in total. The Hall–Kier alpha value is -2.73. The number of carbonyl (C=O) groups excluding carboxylic acids is 2. The fourth-order valence-corrected chi connectivity index (χ4v) is 3.53. The molecule has 2 amide bonds. The maximum Gasteiger partial charge on any atom is 0.242 e. The first kappa shape index (κ1) is 18.6. The monoisotopic (exact) mass is 378 g/mol. The molecule has 146 valence electrons. The van der Waals surface area contributed by atoms with Crippen molar-refractivity contribution in [2.75, 3.05) is 10.2 Å². The van der Waals surface area contributed by atoms with Crippen LogP contribution in [0.5, 0.6) is 0 Å². The number of fused-ring (bicyclic) bond motifs is 1. The molecular weight excluding hydrogens is 352 g/mol. The lowest BCUT2D eigenvalue weighted by atomic mass is 9.90. The second-order valence-electron chi connectivity index (χ2n) is 8.19. The molecule has 1 saturated carbocycles. The van der Waals surface area contributed by atoms with Crippen molar-refractivity contribution >= 4 is 23.2 Å². The van der Waals surface area contributed by atoms with Gasteiger partial charge in [-0.1, -0.05) is 12.1 Å². The molecule has 0 saturated heterocycles. The SMILES string of the molecule is Cc1ncccc1CNCc1ccc2c(c1)NC(=O)C(C)(C)C(=O)N2C1CC1. The number of anilines is 2. The predicted octanol–water partition coefficient (Wildman–Crippen LogP) is 3.15. The quantitative estimate of drug-likeness (QED) is 0.784. The van der Waals surface area contributed by atoms with Gasteiger partial charge < -0.3 is 15.5 Å². The highest BCUT2D eigenvalue weighted by molar-refractivity contribution is 6.19. The molecule has 1 aromatic carbocycles. The van der Waals surface area contributed by atoms with Gasteiger partial charge in [-0.15, -0.1) is 0 Å². The van der Waals surface area contributed by atoms with Gasteiger partial charge in [0.25, 0.3) is 0 Å². The average Bonchev–Trinajstić information content (AvgIpc) is 3.49. The Morgan fingerprint density at radius 3 is 2.71 bits per heavy atom. The van der Waals surface area contributed by atoms with Gasteiger partial charge in [-0.3, -0.25) is 14.6 Å².